The van der Waals surface area contributed by atoms with Crippen LogP contribution in [0.3, 0.4) is 0 Å². The molecule has 0 spiro atoms. The minimum Gasteiger partial charge on any atom is -0.469 e. The van der Waals surface area contributed by atoms with E-state index in [1.807, 2.05) is 0 Å². The van der Waals surface area contributed by atoms with E-state index in [4.69, 9.17) is 4.74 Å². The number of ether oxygens (including phenoxy) is 2. The van der Waals surface area contributed by atoms with E-state index < -0.39 is 5.97 Å². The topological polar surface area (TPSA) is 69.7 Å². The van der Waals surface area contributed by atoms with E-state index in [9.17, 15) is 14.4 Å². The number of methoxy groups -OCH3 is 1. The summed E-state index contributed by atoms with van der Waals surface area (Å²) in [5, 5.41) is 0. The number of hydrogen-bond donors (Lipinski definition) is 0. The van der Waals surface area contributed by atoms with Gasteiger partial charge in [0, 0.05) is 12.0 Å². The number of hydrogen-bond acceptors (Lipinski definition) is 5. The zero-order valence-corrected chi connectivity index (χ0v) is 11.0. The Hall–Kier alpha value is -2.17. The van der Waals surface area contributed by atoms with Crippen LogP contribution in [0.5, 0.6) is 0 Å². The van der Waals surface area contributed by atoms with Crippen molar-refractivity contribution >= 4 is 18.2 Å². The monoisotopic (exact) mass is 264 g/mol. The quantitative estimate of drug-likeness (QED) is 0.578. The minimum atomic E-state index is -0.494. The molecule has 102 valence electrons. The van der Waals surface area contributed by atoms with Crippen LogP contribution < -0.4 is 0 Å². The van der Waals surface area contributed by atoms with Crippen molar-refractivity contribution in [3.05, 3.63) is 34.9 Å². The average Bonchev–Trinajstić information content (AvgIpc) is 2.44. The molecule has 0 radical (unpaired) electrons. The van der Waals surface area contributed by atoms with Gasteiger partial charge in [-0.15, -0.1) is 0 Å². The Balaban J connectivity index is 2.98. The van der Waals surface area contributed by atoms with Crippen molar-refractivity contribution in [2.45, 2.75) is 19.8 Å². The maximum atomic E-state index is 11.8. The van der Waals surface area contributed by atoms with Crippen LogP contribution in [-0.2, 0) is 20.7 Å². The Morgan fingerprint density at radius 1 is 1.32 bits per heavy atom. The first kappa shape index (κ1) is 14.9. The van der Waals surface area contributed by atoms with E-state index in [2.05, 4.69) is 4.74 Å². The summed E-state index contributed by atoms with van der Waals surface area (Å²) in [5.74, 6) is -0.847. The average molecular weight is 264 g/mol. The molecule has 0 N–H and O–H groups in total. The first-order valence-electron chi connectivity index (χ1n) is 5.94. The third kappa shape index (κ3) is 4.21. The van der Waals surface area contributed by atoms with Gasteiger partial charge >= 0.3 is 11.9 Å². The summed E-state index contributed by atoms with van der Waals surface area (Å²) in [4.78, 5) is 33.7. The molecule has 1 aromatic rings. The molecule has 0 fully saturated rings. The molecule has 1 aromatic carbocycles. The van der Waals surface area contributed by atoms with Crippen LogP contribution in [-0.4, -0.2) is 31.9 Å². The van der Waals surface area contributed by atoms with Crippen molar-refractivity contribution in [2.24, 2.45) is 0 Å². The summed E-state index contributed by atoms with van der Waals surface area (Å²) in [6, 6.07) is 4.72. The lowest BCUT2D eigenvalue weighted by Gasteiger charge is -2.09. The highest BCUT2D eigenvalue weighted by atomic mass is 16.5. The number of carbonyl (C=O) groups is 3. The first-order valence-corrected chi connectivity index (χ1v) is 5.94. The van der Waals surface area contributed by atoms with Gasteiger partial charge in [-0.25, -0.2) is 4.79 Å². The zero-order chi connectivity index (χ0) is 14.3. The Kier molecular flexibility index (Phi) is 5.73. The maximum Gasteiger partial charge on any atom is 0.338 e. The maximum absolute atomic E-state index is 11.8. The van der Waals surface area contributed by atoms with Crippen LogP contribution in [0.4, 0.5) is 0 Å². The predicted octanol–water partition coefficient (Wildman–Crippen LogP) is 1.78. The first-order chi connectivity index (χ1) is 9.12. The van der Waals surface area contributed by atoms with Crippen molar-refractivity contribution in [3.63, 3.8) is 0 Å². The molecule has 5 heteroatoms. The molecule has 0 saturated heterocycles. The Morgan fingerprint density at radius 3 is 2.63 bits per heavy atom. The fraction of sp³-hybridized carbons (Fsp3) is 0.357. The molecule has 1 rings (SSSR count). The molecule has 0 aliphatic rings. The lowest BCUT2D eigenvalue weighted by Crippen LogP contribution is -2.10. The number of benzene rings is 1. The summed E-state index contributed by atoms with van der Waals surface area (Å²) in [6.07, 6.45) is 1.19. The molecule has 0 aliphatic heterocycles. The highest BCUT2D eigenvalue weighted by Crippen LogP contribution is 2.15. The number of rotatable bonds is 6. The third-order valence-electron chi connectivity index (χ3n) is 2.59. The molecule has 0 atom stereocenters. The van der Waals surface area contributed by atoms with E-state index in [1.165, 1.54) is 13.2 Å². The molecule has 0 amide bonds. The minimum absolute atomic E-state index is 0.170. The SMILES string of the molecule is CCOC(=O)c1cc(C=O)ccc1CCC(=O)OC. The van der Waals surface area contributed by atoms with E-state index in [0.717, 1.165) is 0 Å². The highest BCUT2D eigenvalue weighted by molar-refractivity contribution is 5.93. The van der Waals surface area contributed by atoms with Gasteiger partial charge in [0.25, 0.3) is 0 Å². The smallest absolute Gasteiger partial charge is 0.338 e. The zero-order valence-electron chi connectivity index (χ0n) is 11.0. The summed E-state index contributed by atoms with van der Waals surface area (Å²) >= 11 is 0. The Bertz CT molecular complexity index is 479. The summed E-state index contributed by atoms with van der Waals surface area (Å²) < 4.78 is 9.48. The van der Waals surface area contributed by atoms with Crippen LogP contribution in [0, 0.1) is 0 Å². The van der Waals surface area contributed by atoms with Crippen molar-refractivity contribution in [1.29, 1.82) is 0 Å². The second-order valence-electron chi connectivity index (χ2n) is 3.83. The number of esters is 2. The lowest BCUT2D eigenvalue weighted by molar-refractivity contribution is -0.140. The van der Waals surface area contributed by atoms with Crippen molar-refractivity contribution in [2.75, 3.05) is 13.7 Å². The Labute approximate surface area is 111 Å². The predicted molar refractivity (Wildman–Crippen MR) is 68.1 cm³/mol. The van der Waals surface area contributed by atoms with Gasteiger partial charge in [-0.3, -0.25) is 9.59 Å². The molecule has 0 aromatic heterocycles. The van der Waals surface area contributed by atoms with Crippen LogP contribution in [0.25, 0.3) is 0 Å². The summed E-state index contributed by atoms with van der Waals surface area (Å²) in [5.41, 5.74) is 1.37. The van der Waals surface area contributed by atoms with Gasteiger partial charge in [0.05, 0.1) is 19.3 Å². The van der Waals surface area contributed by atoms with Crippen LogP contribution in [0.15, 0.2) is 18.2 Å². The van der Waals surface area contributed by atoms with E-state index in [0.29, 0.717) is 29.4 Å². The largest absolute Gasteiger partial charge is 0.469 e. The van der Waals surface area contributed by atoms with Gasteiger partial charge in [-0.05, 0) is 25.0 Å². The molecule has 0 bridgehead atoms. The molecule has 5 nitrogen and oxygen atoms in total. The van der Waals surface area contributed by atoms with Crippen LogP contribution in [0.2, 0.25) is 0 Å². The second kappa shape index (κ2) is 7.31. The molecule has 0 aliphatic carbocycles. The molecule has 0 heterocycles. The van der Waals surface area contributed by atoms with E-state index in [-0.39, 0.29) is 19.0 Å². The van der Waals surface area contributed by atoms with E-state index >= 15 is 0 Å². The fourth-order valence-electron chi connectivity index (χ4n) is 1.62. The third-order valence-corrected chi connectivity index (χ3v) is 2.59. The fourth-order valence-corrected chi connectivity index (χ4v) is 1.62. The molecular weight excluding hydrogens is 248 g/mol. The summed E-state index contributed by atoms with van der Waals surface area (Å²) in [6.45, 7) is 1.95. The van der Waals surface area contributed by atoms with Gasteiger partial charge in [-0.2, -0.15) is 0 Å². The van der Waals surface area contributed by atoms with Crippen LogP contribution in [0.1, 0.15) is 39.6 Å². The molecule has 19 heavy (non-hydrogen) atoms. The standard InChI is InChI=1S/C14H16O5/c1-3-19-14(17)12-8-10(9-15)4-5-11(12)6-7-13(16)18-2/h4-5,8-9H,3,6-7H2,1-2H3. The van der Waals surface area contributed by atoms with Crippen LogP contribution >= 0.6 is 0 Å². The van der Waals surface area contributed by atoms with Gasteiger partial charge in [0.15, 0.2) is 0 Å². The van der Waals surface area contributed by atoms with Crippen molar-refractivity contribution < 1.29 is 23.9 Å². The number of carbonyl (C=O) groups excluding carboxylic acids is 3. The van der Waals surface area contributed by atoms with Gasteiger partial charge < -0.3 is 9.47 Å². The molecule has 0 unspecified atom stereocenters. The summed E-state index contributed by atoms with van der Waals surface area (Å²) in [7, 11) is 1.31. The molecular formula is C14H16O5. The van der Waals surface area contributed by atoms with Gasteiger partial charge in [0.2, 0.25) is 0 Å². The number of aryl methyl sites for hydroxylation is 1. The second-order valence-corrected chi connectivity index (χ2v) is 3.83. The highest BCUT2D eigenvalue weighted by Gasteiger charge is 2.14. The Morgan fingerprint density at radius 2 is 2.05 bits per heavy atom. The van der Waals surface area contributed by atoms with Gasteiger partial charge in [-0.1, -0.05) is 12.1 Å². The van der Waals surface area contributed by atoms with Crippen molar-refractivity contribution in [3.8, 4) is 0 Å². The molecule has 0 saturated carbocycles. The lowest BCUT2D eigenvalue weighted by atomic mass is 10.0. The van der Waals surface area contributed by atoms with Crippen molar-refractivity contribution in [1.82, 2.24) is 0 Å². The van der Waals surface area contributed by atoms with Gasteiger partial charge in [0.1, 0.15) is 6.29 Å². The normalized spacial score (nSPS) is 9.79. The van der Waals surface area contributed by atoms with E-state index in [1.54, 1.807) is 19.1 Å². The number of aldehydes is 1.